The summed E-state index contributed by atoms with van der Waals surface area (Å²) in [6.07, 6.45) is 5.42. The lowest BCUT2D eigenvalue weighted by atomic mass is 9.87. The molecule has 1 atom stereocenters. The molecule has 1 heterocycles. The smallest absolute Gasteiger partial charge is 0.227 e. The van der Waals surface area contributed by atoms with Gasteiger partial charge < -0.3 is 24.4 Å². The Balaban J connectivity index is 0.00000306. The SMILES string of the molecule is COc1cc2c(cc1OC)CC(=O)N(CCCNC1CCc3c(cccc3OC)C1)CC2.Cl. The topological polar surface area (TPSA) is 60.0 Å². The quantitative estimate of drug-likeness (QED) is 0.592. The molecule has 1 N–H and O–H groups in total. The summed E-state index contributed by atoms with van der Waals surface area (Å²) in [7, 11) is 5.02. The predicted molar refractivity (Wildman–Crippen MR) is 132 cm³/mol. The summed E-state index contributed by atoms with van der Waals surface area (Å²) >= 11 is 0. The third kappa shape index (κ3) is 5.74. The Morgan fingerprint density at radius 3 is 2.42 bits per heavy atom. The second kappa shape index (κ2) is 11.6. The molecule has 0 fully saturated rings. The molecule has 2 aromatic carbocycles. The van der Waals surface area contributed by atoms with Crippen molar-refractivity contribution in [2.75, 3.05) is 41.0 Å². The van der Waals surface area contributed by atoms with Gasteiger partial charge in [0, 0.05) is 19.1 Å². The normalized spacial score (nSPS) is 17.4. The first-order valence-corrected chi connectivity index (χ1v) is 11.5. The summed E-state index contributed by atoms with van der Waals surface area (Å²) in [5.41, 5.74) is 4.97. The van der Waals surface area contributed by atoms with Crippen molar-refractivity contribution in [3.8, 4) is 17.2 Å². The number of benzene rings is 2. The van der Waals surface area contributed by atoms with Crippen LogP contribution in [-0.4, -0.2) is 57.8 Å². The molecule has 0 saturated carbocycles. The van der Waals surface area contributed by atoms with Gasteiger partial charge in [-0.05, 0) is 79.1 Å². The molecule has 0 saturated heterocycles. The highest BCUT2D eigenvalue weighted by molar-refractivity contribution is 5.85. The average molecular weight is 475 g/mol. The van der Waals surface area contributed by atoms with Gasteiger partial charge in [0.05, 0.1) is 27.8 Å². The molecular weight excluding hydrogens is 440 g/mol. The monoisotopic (exact) mass is 474 g/mol. The fraction of sp³-hybridized carbons (Fsp3) is 0.500. The zero-order valence-electron chi connectivity index (χ0n) is 19.8. The van der Waals surface area contributed by atoms with E-state index in [0.29, 0.717) is 18.2 Å². The maximum absolute atomic E-state index is 12.8. The predicted octanol–water partition coefficient (Wildman–Crippen LogP) is 3.60. The molecule has 0 bridgehead atoms. The van der Waals surface area contributed by atoms with Crippen LogP contribution in [0.3, 0.4) is 0 Å². The standard InChI is InChI=1S/C26H34N2O4.ClH/c1-30-23-7-4-6-19-14-21(8-9-22(19)23)27-11-5-12-28-13-10-18-15-24(31-2)25(32-3)16-20(18)17-26(28)29;/h4,6-7,15-16,21,27H,5,8-14,17H2,1-3H3;1H. The minimum Gasteiger partial charge on any atom is -0.496 e. The number of amides is 1. The lowest BCUT2D eigenvalue weighted by molar-refractivity contribution is -0.130. The third-order valence-electron chi connectivity index (χ3n) is 6.75. The van der Waals surface area contributed by atoms with Crippen LogP contribution in [0.25, 0.3) is 0 Å². The lowest BCUT2D eigenvalue weighted by Crippen LogP contribution is -2.38. The fourth-order valence-corrected chi connectivity index (χ4v) is 4.97. The summed E-state index contributed by atoms with van der Waals surface area (Å²) in [4.78, 5) is 14.8. The number of carbonyl (C=O) groups excluding carboxylic acids is 1. The van der Waals surface area contributed by atoms with Crippen molar-refractivity contribution < 1.29 is 19.0 Å². The van der Waals surface area contributed by atoms with Gasteiger partial charge in [-0.2, -0.15) is 0 Å². The molecule has 2 aromatic rings. The van der Waals surface area contributed by atoms with Crippen LogP contribution in [0, 0.1) is 0 Å². The minimum absolute atomic E-state index is 0. The molecule has 1 aliphatic heterocycles. The second-order valence-electron chi connectivity index (χ2n) is 8.63. The number of nitrogens with zero attached hydrogens (tertiary/aromatic N) is 1. The van der Waals surface area contributed by atoms with Crippen LogP contribution < -0.4 is 19.5 Å². The van der Waals surface area contributed by atoms with Crippen molar-refractivity contribution in [3.05, 3.63) is 52.6 Å². The molecular formula is C26H35ClN2O4. The zero-order valence-corrected chi connectivity index (χ0v) is 20.6. The molecule has 180 valence electrons. The molecule has 1 unspecified atom stereocenters. The Morgan fingerprint density at radius 2 is 1.70 bits per heavy atom. The van der Waals surface area contributed by atoms with Crippen molar-refractivity contribution in [3.63, 3.8) is 0 Å². The van der Waals surface area contributed by atoms with Crippen molar-refractivity contribution in [1.29, 1.82) is 0 Å². The molecule has 6 nitrogen and oxygen atoms in total. The molecule has 1 aliphatic carbocycles. The maximum Gasteiger partial charge on any atom is 0.227 e. The lowest BCUT2D eigenvalue weighted by Gasteiger charge is -2.27. The van der Waals surface area contributed by atoms with Gasteiger partial charge in [-0.1, -0.05) is 12.1 Å². The van der Waals surface area contributed by atoms with E-state index in [2.05, 4.69) is 23.5 Å². The molecule has 7 heteroatoms. The highest BCUT2D eigenvalue weighted by Crippen LogP contribution is 2.32. The first-order chi connectivity index (χ1) is 15.6. The first-order valence-electron chi connectivity index (χ1n) is 11.5. The highest BCUT2D eigenvalue weighted by atomic mass is 35.5. The number of hydrogen-bond acceptors (Lipinski definition) is 5. The van der Waals surface area contributed by atoms with E-state index in [0.717, 1.165) is 68.8 Å². The molecule has 0 radical (unpaired) electrons. The summed E-state index contributed by atoms with van der Waals surface area (Å²) in [5, 5.41) is 3.71. The number of methoxy groups -OCH3 is 3. The minimum atomic E-state index is 0. The molecule has 1 amide bonds. The Hall–Kier alpha value is -2.44. The van der Waals surface area contributed by atoms with E-state index in [1.54, 1.807) is 21.3 Å². The Kier molecular flexibility index (Phi) is 8.87. The van der Waals surface area contributed by atoms with E-state index < -0.39 is 0 Å². The molecule has 33 heavy (non-hydrogen) atoms. The van der Waals surface area contributed by atoms with Gasteiger partial charge in [0.25, 0.3) is 0 Å². The van der Waals surface area contributed by atoms with Crippen LogP contribution in [0.5, 0.6) is 17.2 Å². The molecule has 0 spiro atoms. The van der Waals surface area contributed by atoms with Crippen LogP contribution in [0.4, 0.5) is 0 Å². The van der Waals surface area contributed by atoms with Crippen LogP contribution in [0.15, 0.2) is 30.3 Å². The van der Waals surface area contributed by atoms with Crippen LogP contribution in [0.2, 0.25) is 0 Å². The number of hydrogen-bond donors (Lipinski definition) is 1. The number of halogens is 1. The van der Waals surface area contributed by atoms with E-state index in [1.165, 1.54) is 16.7 Å². The van der Waals surface area contributed by atoms with Crippen molar-refractivity contribution >= 4 is 18.3 Å². The number of rotatable bonds is 8. The Morgan fingerprint density at radius 1 is 0.970 bits per heavy atom. The van der Waals surface area contributed by atoms with Gasteiger partial charge in [0.2, 0.25) is 5.91 Å². The van der Waals surface area contributed by atoms with Crippen LogP contribution in [0.1, 0.15) is 35.1 Å². The largest absolute Gasteiger partial charge is 0.496 e. The van der Waals surface area contributed by atoms with Crippen molar-refractivity contribution in [2.45, 2.75) is 44.6 Å². The highest BCUT2D eigenvalue weighted by Gasteiger charge is 2.23. The van der Waals surface area contributed by atoms with Gasteiger partial charge >= 0.3 is 0 Å². The van der Waals surface area contributed by atoms with Gasteiger partial charge in [-0.3, -0.25) is 4.79 Å². The van der Waals surface area contributed by atoms with Crippen molar-refractivity contribution in [2.24, 2.45) is 0 Å². The van der Waals surface area contributed by atoms with E-state index in [1.807, 2.05) is 17.0 Å². The number of ether oxygens (including phenoxy) is 3. The maximum atomic E-state index is 12.8. The Bertz CT molecular complexity index is 966. The van der Waals surface area contributed by atoms with Gasteiger partial charge in [0.15, 0.2) is 11.5 Å². The van der Waals surface area contributed by atoms with Gasteiger partial charge in [-0.15, -0.1) is 12.4 Å². The number of carbonyl (C=O) groups is 1. The zero-order chi connectivity index (χ0) is 22.5. The van der Waals surface area contributed by atoms with E-state index >= 15 is 0 Å². The second-order valence-corrected chi connectivity index (χ2v) is 8.63. The molecule has 0 aromatic heterocycles. The fourth-order valence-electron chi connectivity index (χ4n) is 4.97. The number of fused-ring (bicyclic) bond motifs is 2. The summed E-state index contributed by atoms with van der Waals surface area (Å²) in [6.45, 7) is 2.45. The van der Waals surface area contributed by atoms with E-state index in [4.69, 9.17) is 14.2 Å². The van der Waals surface area contributed by atoms with Gasteiger partial charge in [0.1, 0.15) is 5.75 Å². The molecule has 4 rings (SSSR count). The number of nitrogens with one attached hydrogen (secondary N) is 1. The average Bonchev–Trinajstić information content (AvgIpc) is 2.97. The summed E-state index contributed by atoms with van der Waals surface area (Å²) in [5.74, 6) is 2.61. The van der Waals surface area contributed by atoms with Crippen LogP contribution in [-0.2, 0) is 30.5 Å². The van der Waals surface area contributed by atoms with Gasteiger partial charge in [-0.25, -0.2) is 0 Å². The third-order valence-corrected chi connectivity index (χ3v) is 6.75. The van der Waals surface area contributed by atoms with Crippen LogP contribution >= 0.6 is 12.4 Å². The first kappa shape index (κ1) is 25.2. The van der Waals surface area contributed by atoms with E-state index in [-0.39, 0.29) is 18.3 Å². The van der Waals surface area contributed by atoms with Crippen molar-refractivity contribution in [1.82, 2.24) is 10.2 Å². The molecule has 2 aliphatic rings. The van der Waals surface area contributed by atoms with E-state index in [9.17, 15) is 4.79 Å². The summed E-state index contributed by atoms with van der Waals surface area (Å²) in [6, 6.07) is 10.8. The Labute approximate surface area is 203 Å². The summed E-state index contributed by atoms with van der Waals surface area (Å²) < 4.78 is 16.4.